The first kappa shape index (κ1) is 30.4. The van der Waals surface area contributed by atoms with Gasteiger partial charge >= 0.3 is 0 Å². The summed E-state index contributed by atoms with van der Waals surface area (Å²) in [5.74, 6) is -0.543. The van der Waals surface area contributed by atoms with Crippen LogP contribution in [0.1, 0.15) is 90.4 Å². The molecule has 3 nitrogen and oxygen atoms in total. The number of allylic oxidation sites excluding steroid dienone is 4. The topological polar surface area (TPSA) is 22.3 Å². The Morgan fingerprint density at radius 1 is 0.842 bits per heavy atom. The maximum atomic E-state index is 14.6. The van der Waals surface area contributed by atoms with Crippen molar-refractivity contribution in [2.24, 2.45) is 5.92 Å². The molecule has 2 aromatic rings. The number of hydrogen-bond donors (Lipinski definition) is 0. The summed E-state index contributed by atoms with van der Waals surface area (Å²) < 4.78 is 43.1. The Morgan fingerprint density at radius 2 is 1.53 bits per heavy atom. The van der Waals surface area contributed by atoms with Gasteiger partial charge in [0.05, 0.1) is 12.2 Å². The molecule has 1 aromatic carbocycles. The number of unbranched alkanes of at least 4 members (excludes halogenated alkanes) is 5. The zero-order chi connectivity index (χ0) is 27.2. The Labute approximate surface area is 228 Å². The summed E-state index contributed by atoms with van der Waals surface area (Å²) in [6, 6.07) is 10.4. The number of benzene rings is 1. The molecule has 5 heteroatoms. The number of nitrogens with zero attached hydrogens (tertiary/aromatic N) is 1. The summed E-state index contributed by atoms with van der Waals surface area (Å²) in [7, 11) is 3.54. The molecule has 0 aliphatic heterocycles. The first-order chi connectivity index (χ1) is 18.5. The third-order valence-corrected chi connectivity index (χ3v) is 7.97. The van der Waals surface area contributed by atoms with Crippen LogP contribution >= 0.6 is 0 Å². The van der Waals surface area contributed by atoms with Gasteiger partial charge in [-0.3, -0.25) is 0 Å². The maximum Gasteiger partial charge on any atom is 0.176 e. The molecule has 1 aromatic heterocycles. The number of aromatic nitrogens is 1. The monoisotopic (exact) mass is 528 g/mol. The Balaban J connectivity index is 1.61. The predicted molar refractivity (Wildman–Crippen MR) is 152 cm³/mol. The largest absolute Gasteiger partial charge is 0.379 e. The molecule has 0 N–H and O–H groups in total. The molecule has 0 amide bonds. The average molecular weight is 529 g/mol. The van der Waals surface area contributed by atoms with E-state index in [-0.39, 0.29) is 35.4 Å². The molecule has 38 heavy (non-hydrogen) atoms. The summed E-state index contributed by atoms with van der Waals surface area (Å²) in [4.78, 5) is 0. The van der Waals surface area contributed by atoms with Crippen LogP contribution in [0.25, 0.3) is 10.8 Å². The first-order valence-electron chi connectivity index (χ1n) is 14.7. The van der Waals surface area contributed by atoms with E-state index in [0.29, 0.717) is 19.3 Å². The lowest BCUT2D eigenvalue weighted by atomic mass is 9.89. The average Bonchev–Trinajstić information content (AvgIpc) is 2.93. The summed E-state index contributed by atoms with van der Waals surface area (Å²) in [6.07, 6.45) is 18.3. The summed E-state index contributed by atoms with van der Waals surface area (Å²) in [5, 5.41) is 2.36. The minimum Gasteiger partial charge on any atom is -0.379 e. The Morgan fingerprint density at radius 3 is 2.24 bits per heavy atom. The Hall–Kier alpha value is -2.11. The van der Waals surface area contributed by atoms with Gasteiger partial charge in [-0.1, -0.05) is 70.1 Å². The standard InChI is InChI=1S/C33H48F2NO2/c1-4-5-6-7-8-9-19-32(37-2)33(38-3)20-12-14-26(23-29-30(34)17-13-18-31(29)35)24-36-22-21-27-15-10-11-16-28(27)25-36/h10-11,15-17,21-22,25-26,32-33H,4-9,12-14,18-20,23-24H2,1-3H3/q+1. The van der Waals surface area contributed by atoms with Crippen molar-refractivity contribution in [1.82, 2.24) is 0 Å². The van der Waals surface area contributed by atoms with Gasteiger partial charge in [0.1, 0.15) is 11.7 Å². The van der Waals surface area contributed by atoms with Crippen molar-refractivity contribution in [3.05, 3.63) is 66.0 Å². The number of rotatable bonds is 18. The van der Waals surface area contributed by atoms with Crippen molar-refractivity contribution < 1.29 is 22.8 Å². The zero-order valence-electron chi connectivity index (χ0n) is 23.8. The van der Waals surface area contributed by atoms with Crippen LogP contribution in [0.15, 0.2) is 66.0 Å². The second kappa shape index (κ2) is 16.8. The first-order valence-corrected chi connectivity index (χ1v) is 14.7. The van der Waals surface area contributed by atoms with Crippen molar-refractivity contribution in [1.29, 1.82) is 0 Å². The molecule has 0 radical (unpaired) electrons. The van der Waals surface area contributed by atoms with E-state index in [1.165, 1.54) is 49.0 Å². The van der Waals surface area contributed by atoms with E-state index in [0.717, 1.165) is 38.6 Å². The molecule has 0 bridgehead atoms. The smallest absolute Gasteiger partial charge is 0.176 e. The van der Waals surface area contributed by atoms with E-state index < -0.39 is 0 Å². The summed E-state index contributed by atoms with van der Waals surface area (Å²) in [6.45, 7) is 2.96. The van der Waals surface area contributed by atoms with Crippen LogP contribution in [-0.4, -0.2) is 26.4 Å². The number of halogens is 2. The van der Waals surface area contributed by atoms with Crippen molar-refractivity contribution in [3.8, 4) is 0 Å². The molecule has 0 spiro atoms. The molecule has 3 atom stereocenters. The highest BCUT2D eigenvalue weighted by Crippen LogP contribution is 2.33. The highest BCUT2D eigenvalue weighted by atomic mass is 19.1. The van der Waals surface area contributed by atoms with E-state index in [1.807, 2.05) is 12.1 Å². The fourth-order valence-corrected chi connectivity index (χ4v) is 5.72. The molecule has 0 fully saturated rings. The van der Waals surface area contributed by atoms with Crippen LogP contribution in [-0.2, 0) is 16.0 Å². The van der Waals surface area contributed by atoms with Crippen LogP contribution in [0.4, 0.5) is 8.78 Å². The highest BCUT2D eigenvalue weighted by molar-refractivity contribution is 5.80. The number of methoxy groups -OCH3 is 2. The van der Waals surface area contributed by atoms with Gasteiger partial charge in [0.25, 0.3) is 0 Å². The number of pyridine rings is 1. The second-order valence-corrected chi connectivity index (χ2v) is 10.9. The minimum absolute atomic E-state index is 0.0341. The molecule has 0 saturated heterocycles. The van der Waals surface area contributed by atoms with E-state index >= 15 is 0 Å². The van der Waals surface area contributed by atoms with E-state index in [9.17, 15) is 8.78 Å². The fraction of sp³-hybridized carbons (Fsp3) is 0.606. The zero-order valence-corrected chi connectivity index (χ0v) is 23.8. The highest BCUT2D eigenvalue weighted by Gasteiger charge is 2.25. The third-order valence-electron chi connectivity index (χ3n) is 7.97. The van der Waals surface area contributed by atoms with E-state index in [1.54, 1.807) is 14.2 Å². The van der Waals surface area contributed by atoms with Gasteiger partial charge in [-0.25, -0.2) is 13.3 Å². The lowest BCUT2D eigenvalue weighted by molar-refractivity contribution is -0.702. The van der Waals surface area contributed by atoms with Crippen molar-refractivity contribution in [2.45, 2.75) is 109 Å². The Kier molecular flexibility index (Phi) is 13.4. The molecule has 3 rings (SSSR count). The van der Waals surface area contributed by atoms with Gasteiger partial charge < -0.3 is 9.47 Å². The van der Waals surface area contributed by atoms with Crippen LogP contribution in [0.5, 0.6) is 0 Å². The number of ether oxygens (including phenoxy) is 2. The predicted octanol–water partition coefficient (Wildman–Crippen LogP) is 8.96. The minimum atomic E-state index is -0.379. The maximum absolute atomic E-state index is 14.6. The van der Waals surface area contributed by atoms with Crippen LogP contribution < -0.4 is 4.57 Å². The summed E-state index contributed by atoms with van der Waals surface area (Å²) in [5.41, 5.74) is 0.267. The molecular formula is C33H48F2NO2+. The van der Waals surface area contributed by atoms with Gasteiger partial charge in [0.15, 0.2) is 18.9 Å². The van der Waals surface area contributed by atoms with Crippen LogP contribution in [0.3, 0.4) is 0 Å². The van der Waals surface area contributed by atoms with Gasteiger partial charge in [-0.15, -0.1) is 0 Å². The lowest BCUT2D eigenvalue weighted by Gasteiger charge is -2.26. The molecule has 210 valence electrons. The van der Waals surface area contributed by atoms with E-state index in [4.69, 9.17) is 9.47 Å². The number of fused-ring (bicyclic) bond motifs is 1. The normalized spacial score (nSPS) is 16.5. The van der Waals surface area contributed by atoms with Gasteiger partial charge in [-0.05, 0) is 49.6 Å². The molecule has 3 unspecified atom stereocenters. The van der Waals surface area contributed by atoms with Crippen molar-refractivity contribution in [2.75, 3.05) is 14.2 Å². The van der Waals surface area contributed by atoms with Gasteiger partial charge in [0, 0.05) is 43.6 Å². The molecular weight excluding hydrogens is 480 g/mol. The number of hydrogen-bond acceptors (Lipinski definition) is 2. The Bertz CT molecular complexity index is 1030. The SMILES string of the molecule is CCCCCCCCC(OC)C(CCCC(CC1=C(F)CCC=C1F)C[n+]1ccc2ccccc2c1)OC. The third kappa shape index (κ3) is 9.57. The lowest BCUT2D eigenvalue weighted by Crippen LogP contribution is -2.37. The molecule has 1 aliphatic rings. The van der Waals surface area contributed by atoms with Gasteiger partial charge in [-0.2, -0.15) is 0 Å². The van der Waals surface area contributed by atoms with Crippen molar-refractivity contribution in [3.63, 3.8) is 0 Å². The molecule has 0 saturated carbocycles. The molecule has 1 aliphatic carbocycles. The van der Waals surface area contributed by atoms with Crippen LogP contribution in [0.2, 0.25) is 0 Å². The fourth-order valence-electron chi connectivity index (χ4n) is 5.72. The van der Waals surface area contributed by atoms with Crippen molar-refractivity contribution >= 4 is 10.8 Å². The molecule has 1 heterocycles. The second-order valence-electron chi connectivity index (χ2n) is 10.9. The van der Waals surface area contributed by atoms with Gasteiger partial charge in [0.2, 0.25) is 0 Å². The summed E-state index contributed by atoms with van der Waals surface area (Å²) >= 11 is 0. The van der Waals surface area contributed by atoms with Crippen LogP contribution in [0, 0.1) is 5.92 Å². The quantitative estimate of drug-likeness (QED) is 0.142. The van der Waals surface area contributed by atoms with E-state index in [2.05, 4.69) is 42.1 Å².